The van der Waals surface area contributed by atoms with Crippen molar-refractivity contribution in [2.24, 2.45) is 22.5 Å². The summed E-state index contributed by atoms with van der Waals surface area (Å²) in [6.07, 6.45) is 5.41. The van der Waals surface area contributed by atoms with Gasteiger partial charge in [-0.1, -0.05) is 13.8 Å². The first-order valence-corrected chi connectivity index (χ1v) is 8.51. The first-order valence-electron chi connectivity index (χ1n) is 6.69. The van der Waals surface area contributed by atoms with Gasteiger partial charge in [-0.3, -0.25) is 0 Å². The van der Waals surface area contributed by atoms with E-state index >= 15 is 0 Å². The number of hydrogen-bond donors (Lipinski definition) is 1. The van der Waals surface area contributed by atoms with Crippen molar-refractivity contribution in [2.45, 2.75) is 46.0 Å². The van der Waals surface area contributed by atoms with Crippen LogP contribution >= 0.6 is 0 Å². The van der Waals surface area contributed by atoms with Crippen molar-refractivity contribution in [2.75, 3.05) is 18.1 Å². The molecular formula is C13H25NO2S. The van der Waals surface area contributed by atoms with Gasteiger partial charge in [-0.15, -0.1) is 0 Å². The van der Waals surface area contributed by atoms with Crippen molar-refractivity contribution >= 4 is 9.84 Å². The molecule has 1 heterocycles. The van der Waals surface area contributed by atoms with E-state index in [1.807, 2.05) is 0 Å². The number of rotatable bonds is 2. The minimum absolute atomic E-state index is 0.110. The average molecular weight is 259 g/mol. The Bertz CT molecular complexity index is 376. The van der Waals surface area contributed by atoms with Gasteiger partial charge in [0, 0.05) is 0 Å². The molecule has 2 aliphatic rings. The van der Waals surface area contributed by atoms with Crippen LogP contribution in [-0.4, -0.2) is 26.5 Å². The van der Waals surface area contributed by atoms with E-state index < -0.39 is 9.84 Å². The van der Waals surface area contributed by atoms with Crippen LogP contribution in [0, 0.1) is 16.7 Å². The molecule has 0 aromatic rings. The van der Waals surface area contributed by atoms with Crippen LogP contribution in [-0.2, 0) is 9.84 Å². The SMILES string of the molecule is CC1(C)CCC(CN)(C2CCS(=O)(=O)C2)CC1. The predicted octanol–water partition coefficient (Wildman–Crippen LogP) is 1.97. The molecule has 0 aromatic carbocycles. The quantitative estimate of drug-likeness (QED) is 0.824. The highest BCUT2D eigenvalue weighted by Crippen LogP contribution is 2.50. The maximum absolute atomic E-state index is 11.6. The fourth-order valence-electron chi connectivity index (χ4n) is 3.48. The Morgan fingerprint density at radius 2 is 1.76 bits per heavy atom. The van der Waals surface area contributed by atoms with Crippen LogP contribution in [0.2, 0.25) is 0 Å². The van der Waals surface area contributed by atoms with E-state index in [0.717, 1.165) is 19.3 Å². The summed E-state index contributed by atoms with van der Waals surface area (Å²) in [5.74, 6) is 1.07. The summed E-state index contributed by atoms with van der Waals surface area (Å²) in [5.41, 5.74) is 6.52. The summed E-state index contributed by atoms with van der Waals surface area (Å²) in [6.45, 7) is 5.26. The second-order valence-electron chi connectivity index (χ2n) is 6.83. The second-order valence-corrected chi connectivity index (χ2v) is 9.06. The molecule has 2 fully saturated rings. The minimum Gasteiger partial charge on any atom is -0.330 e. The summed E-state index contributed by atoms with van der Waals surface area (Å²) >= 11 is 0. The molecule has 4 heteroatoms. The molecule has 1 saturated heterocycles. The van der Waals surface area contributed by atoms with E-state index in [4.69, 9.17) is 5.73 Å². The fraction of sp³-hybridized carbons (Fsp3) is 1.00. The third-order valence-electron chi connectivity index (χ3n) is 5.10. The lowest BCUT2D eigenvalue weighted by molar-refractivity contribution is 0.0608. The molecule has 1 aliphatic heterocycles. The van der Waals surface area contributed by atoms with Crippen LogP contribution in [0.1, 0.15) is 46.0 Å². The highest BCUT2D eigenvalue weighted by molar-refractivity contribution is 7.91. The normalized spacial score (nSPS) is 34.6. The monoisotopic (exact) mass is 259 g/mol. The highest BCUT2D eigenvalue weighted by atomic mass is 32.2. The lowest BCUT2D eigenvalue weighted by atomic mass is 9.60. The van der Waals surface area contributed by atoms with Gasteiger partial charge in [0.2, 0.25) is 0 Å². The zero-order chi connectivity index (χ0) is 12.7. The van der Waals surface area contributed by atoms with E-state index in [9.17, 15) is 8.42 Å². The largest absolute Gasteiger partial charge is 0.330 e. The summed E-state index contributed by atoms with van der Waals surface area (Å²) in [6, 6.07) is 0. The van der Waals surface area contributed by atoms with Gasteiger partial charge in [0.15, 0.2) is 9.84 Å². The van der Waals surface area contributed by atoms with Crippen LogP contribution in [0.3, 0.4) is 0 Å². The third kappa shape index (κ3) is 2.68. The highest BCUT2D eigenvalue weighted by Gasteiger charge is 2.46. The zero-order valence-electron chi connectivity index (χ0n) is 11.0. The smallest absolute Gasteiger partial charge is 0.150 e. The molecule has 0 amide bonds. The third-order valence-corrected chi connectivity index (χ3v) is 6.87. The fourth-order valence-corrected chi connectivity index (χ4v) is 5.43. The molecule has 1 aliphatic carbocycles. The molecule has 17 heavy (non-hydrogen) atoms. The standard InChI is InChI=1S/C13H25NO2S/c1-12(2)4-6-13(10-14,7-5-12)11-3-8-17(15,16)9-11/h11H,3-10,14H2,1-2H3. The number of nitrogens with two attached hydrogens (primary N) is 1. The topological polar surface area (TPSA) is 60.2 Å². The molecule has 0 bridgehead atoms. The second kappa shape index (κ2) is 4.23. The van der Waals surface area contributed by atoms with Crippen LogP contribution < -0.4 is 5.73 Å². The zero-order valence-corrected chi connectivity index (χ0v) is 11.9. The van der Waals surface area contributed by atoms with E-state index in [1.54, 1.807) is 0 Å². The van der Waals surface area contributed by atoms with Gasteiger partial charge in [0.1, 0.15) is 0 Å². The Morgan fingerprint density at radius 1 is 1.18 bits per heavy atom. The first-order chi connectivity index (χ1) is 7.79. The van der Waals surface area contributed by atoms with Gasteiger partial charge in [-0.05, 0) is 55.4 Å². The van der Waals surface area contributed by atoms with Gasteiger partial charge in [0.05, 0.1) is 11.5 Å². The molecule has 100 valence electrons. The number of hydrogen-bond acceptors (Lipinski definition) is 3. The van der Waals surface area contributed by atoms with E-state index in [2.05, 4.69) is 13.8 Å². The molecule has 0 aromatic heterocycles. The van der Waals surface area contributed by atoms with Crippen molar-refractivity contribution in [3.05, 3.63) is 0 Å². The molecule has 1 atom stereocenters. The van der Waals surface area contributed by atoms with Crippen molar-refractivity contribution in [3.8, 4) is 0 Å². The summed E-state index contributed by atoms with van der Waals surface area (Å²) < 4.78 is 23.3. The summed E-state index contributed by atoms with van der Waals surface area (Å²) in [5, 5.41) is 0. The number of sulfone groups is 1. The molecule has 2 rings (SSSR count). The lowest BCUT2D eigenvalue weighted by Crippen LogP contribution is -2.43. The molecule has 0 spiro atoms. The Labute approximate surface area is 105 Å². The van der Waals surface area contributed by atoms with Crippen molar-refractivity contribution in [3.63, 3.8) is 0 Å². The average Bonchev–Trinajstić information content (AvgIpc) is 2.60. The molecule has 1 saturated carbocycles. The molecular weight excluding hydrogens is 234 g/mol. The Hall–Kier alpha value is -0.0900. The van der Waals surface area contributed by atoms with Gasteiger partial charge >= 0.3 is 0 Å². The minimum atomic E-state index is -2.78. The Morgan fingerprint density at radius 3 is 2.18 bits per heavy atom. The van der Waals surface area contributed by atoms with Crippen molar-refractivity contribution in [1.82, 2.24) is 0 Å². The van der Waals surface area contributed by atoms with Crippen molar-refractivity contribution in [1.29, 1.82) is 0 Å². The molecule has 0 radical (unpaired) electrons. The lowest BCUT2D eigenvalue weighted by Gasteiger charge is -2.46. The summed E-state index contributed by atoms with van der Waals surface area (Å²) in [7, 11) is -2.78. The Balaban J connectivity index is 2.12. The van der Waals surface area contributed by atoms with Crippen molar-refractivity contribution < 1.29 is 8.42 Å². The molecule has 2 N–H and O–H groups in total. The Kier molecular flexibility index (Phi) is 3.32. The predicted molar refractivity (Wildman–Crippen MR) is 70.5 cm³/mol. The van der Waals surface area contributed by atoms with Crippen LogP contribution in [0.15, 0.2) is 0 Å². The van der Waals surface area contributed by atoms with E-state index in [1.165, 1.54) is 12.8 Å². The molecule has 3 nitrogen and oxygen atoms in total. The van der Waals surface area contributed by atoms with Gasteiger partial charge < -0.3 is 5.73 Å². The van der Waals surface area contributed by atoms with Gasteiger partial charge in [-0.25, -0.2) is 8.42 Å². The van der Waals surface area contributed by atoms with E-state index in [0.29, 0.717) is 29.4 Å². The molecule has 1 unspecified atom stereocenters. The maximum atomic E-state index is 11.6. The van der Waals surface area contributed by atoms with Gasteiger partial charge in [-0.2, -0.15) is 0 Å². The first kappa shape index (κ1) is 13.3. The van der Waals surface area contributed by atoms with E-state index in [-0.39, 0.29) is 5.41 Å². The van der Waals surface area contributed by atoms with Crippen LogP contribution in [0.4, 0.5) is 0 Å². The van der Waals surface area contributed by atoms with Crippen LogP contribution in [0.25, 0.3) is 0 Å². The van der Waals surface area contributed by atoms with Gasteiger partial charge in [0.25, 0.3) is 0 Å². The summed E-state index contributed by atoms with van der Waals surface area (Å²) in [4.78, 5) is 0. The van der Waals surface area contributed by atoms with Crippen LogP contribution in [0.5, 0.6) is 0 Å². The maximum Gasteiger partial charge on any atom is 0.150 e.